The molecule has 0 fully saturated rings. The molecule has 0 aliphatic heterocycles. The number of carbonyl (C=O) groups is 1. The molecular formula is C6H4F3NO2. The highest BCUT2D eigenvalue weighted by atomic mass is 19.4. The van der Waals surface area contributed by atoms with E-state index in [1.807, 2.05) is 0 Å². The summed E-state index contributed by atoms with van der Waals surface area (Å²) < 4.78 is 37.9. The van der Waals surface area contributed by atoms with E-state index in [1.54, 1.807) is 0 Å². The first-order valence-corrected chi connectivity index (χ1v) is 2.69. The zero-order valence-corrected chi connectivity index (χ0v) is 5.81. The van der Waals surface area contributed by atoms with Gasteiger partial charge in [0.15, 0.2) is 0 Å². The number of ether oxygens (including phenoxy) is 1. The molecule has 0 aromatic heterocycles. The van der Waals surface area contributed by atoms with Crippen molar-refractivity contribution in [1.82, 2.24) is 0 Å². The van der Waals surface area contributed by atoms with Crippen molar-refractivity contribution in [1.29, 1.82) is 5.26 Å². The molecular weight excluding hydrogens is 175 g/mol. The molecule has 3 nitrogen and oxygen atoms in total. The molecule has 0 aromatic carbocycles. The van der Waals surface area contributed by atoms with Gasteiger partial charge in [-0.2, -0.15) is 18.4 Å². The average molecular weight is 179 g/mol. The Bertz CT molecular complexity index is 238. The minimum absolute atomic E-state index is 0.243. The number of halogens is 3. The summed E-state index contributed by atoms with van der Waals surface area (Å²) in [7, 11) is 0. The third-order valence-corrected chi connectivity index (χ3v) is 0.767. The van der Waals surface area contributed by atoms with Gasteiger partial charge >= 0.3 is 12.1 Å². The standard InChI is InChI=1S/C6H4F3NO2/c1-4(2-10)3-12-5(11)6(7,8)9/h1,3H2. The van der Waals surface area contributed by atoms with Crippen LogP contribution in [0.2, 0.25) is 0 Å². The molecule has 0 atom stereocenters. The molecule has 0 heterocycles. The number of hydrogen-bond donors (Lipinski definition) is 0. The Morgan fingerprint density at radius 1 is 1.58 bits per heavy atom. The lowest BCUT2D eigenvalue weighted by atomic mass is 10.4. The zero-order valence-electron chi connectivity index (χ0n) is 5.81. The van der Waals surface area contributed by atoms with Crippen molar-refractivity contribution in [3.8, 4) is 6.07 Å². The largest absolute Gasteiger partial charge is 0.490 e. The van der Waals surface area contributed by atoms with Gasteiger partial charge in [0, 0.05) is 0 Å². The highest BCUT2D eigenvalue weighted by Crippen LogP contribution is 2.16. The maximum absolute atomic E-state index is 11.4. The van der Waals surface area contributed by atoms with Crippen molar-refractivity contribution in [2.24, 2.45) is 0 Å². The lowest BCUT2D eigenvalue weighted by Gasteiger charge is -2.04. The Balaban J connectivity index is 3.91. The highest BCUT2D eigenvalue weighted by molar-refractivity contribution is 5.75. The summed E-state index contributed by atoms with van der Waals surface area (Å²) >= 11 is 0. The van der Waals surface area contributed by atoms with Crippen LogP contribution in [0.25, 0.3) is 0 Å². The van der Waals surface area contributed by atoms with E-state index >= 15 is 0 Å². The number of rotatable bonds is 2. The van der Waals surface area contributed by atoms with Gasteiger partial charge in [0.1, 0.15) is 6.61 Å². The second kappa shape index (κ2) is 3.76. The predicted octanol–water partition coefficient (Wildman–Crippen LogP) is 1.17. The predicted molar refractivity (Wildman–Crippen MR) is 31.8 cm³/mol. The first kappa shape index (κ1) is 10.5. The van der Waals surface area contributed by atoms with Crippen molar-refractivity contribution in [3.63, 3.8) is 0 Å². The molecule has 0 rings (SSSR count). The molecule has 0 aliphatic carbocycles. The number of alkyl halides is 3. The molecule has 0 radical (unpaired) electrons. The van der Waals surface area contributed by atoms with Crippen LogP contribution in [0.3, 0.4) is 0 Å². The van der Waals surface area contributed by atoms with E-state index in [1.165, 1.54) is 6.07 Å². The second-order valence-corrected chi connectivity index (χ2v) is 1.79. The Morgan fingerprint density at radius 3 is 2.42 bits per heavy atom. The first-order chi connectivity index (χ1) is 5.38. The van der Waals surface area contributed by atoms with Crippen molar-refractivity contribution >= 4 is 5.97 Å². The second-order valence-electron chi connectivity index (χ2n) is 1.79. The maximum Gasteiger partial charge on any atom is 0.490 e. The smallest absolute Gasteiger partial charge is 0.453 e. The Kier molecular flexibility index (Phi) is 3.29. The van der Waals surface area contributed by atoms with E-state index < -0.39 is 18.8 Å². The van der Waals surface area contributed by atoms with Gasteiger partial charge in [0.05, 0.1) is 11.6 Å². The number of nitrogens with zero attached hydrogens (tertiary/aromatic N) is 1. The normalized spacial score (nSPS) is 10.2. The Morgan fingerprint density at radius 2 is 2.08 bits per heavy atom. The van der Waals surface area contributed by atoms with Crippen molar-refractivity contribution in [2.45, 2.75) is 6.18 Å². The number of nitriles is 1. The molecule has 0 unspecified atom stereocenters. The first-order valence-electron chi connectivity index (χ1n) is 2.69. The van der Waals surface area contributed by atoms with E-state index in [9.17, 15) is 18.0 Å². The van der Waals surface area contributed by atoms with Crippen LogP contribution in [-0.2, 0) is 9.53 Å². The minimum atomic E-state index is -5.02. The van der Waals surface area contributed by atoms with Crippen molar-refractivity contribution < 1.29 is 22.7 Å². The van der Waals surface area contributed by atoms with E-state index in [4.69, 9.17) is 5.26 Å². The monoisotopic (exact) mass is 179 g/mol. The van der Waals surface area contributed by atoms with E-state index in [2.05, 4.69) is 11.3 Å². The fourth-order valence-corrected chi connectivity index (χ4v) is 0.267. The fraction of sp³-hybridized carbons (Fsp3) is 0.333. The molecule has 0 amide bonds. The molecule has 0 aliphatic rings. The van der Waals surface area contributed by atoms with Crippen LogP contribution in [0.15, 0.2) is 12.2 Å². The molecule has 0 bridgehead atoms. The number of hydrogen-bond acceptors (Lipinski definition) is 3. The van der Waals surface area contributed by atoms with Gasteiger partial charge in [-0.25, -0.2) is 4.79 Å². The highest BCUT2D eigenvalue weighted by Gasteiger charge is 2.40. The summed E-state index contributed by atoms with van der Waals surface area (Å²) in [4.78, 5) is 9.99. The van der Waals surface area contributed by atoms with Crippen LogP contribution < -0.4 is 0 Å². The zero-order chi connectivity index (χ0) is 9.78. The molecule has 66 valence electrons. The molecule has 6 heteroatoms. The maximum atomic E-state index is 11.4. The van der Waals surface area contributed by atoms with Crippen LogP contribution >= 0.6 is 0 Å². The van der Waals surface area contributed by atoms with Crippen LogP contribution in [-0.4, -0.2) is 18.8 Å². The Labute approximate surface area is 66.0 Å². The lowest BCUT2D eigenvalue weighted by Crippen LogP contribution is -2.25. The molecule has 0 saturated heterocycles. The third-order valence-electron chi connectivity index (χ3n) is 0.767. The minimum Gasteiger partial charge on any atom is -0.453 e. The molecule has 0 N–H and O–H groups in total. The fourth-order valence-electron chi connectivity index (χ4n) is 0.267. The molecule has 0 aromatic rings. The quantitative estimate of drug-likeness (QED) is 0.472. The van der Waals surface area contributed by atoms with Crippen molar-refractivity contribution in [3.05, 3.63) is 12.2 Å². The van der Waals surface area contributed by atoms with E-state index in [-0.39, 0.29) is 5.57 Å². The summed E-state index contributed by atoms with van der Waals surface area (Å²) in [6.45, 7) is 2.29. The van der Waals surface area contributed by atoms with Gasteiger partial charge in [-0.15, -0.1) is 0 Å². The molecule has 0 spiro atoms. The van der Waals surface area contributed by atoms with Crippen LogP contribution in [0.1, 0.15) is 0 Å². The van der Waals surface area contributed by atoms with Gasteiger partial charge in [0.2, 0.25) is 0 Å². The van der Waals surface area contributed by atoms with Gasteiger partial charge in [-0.05, 0) is 0 Å². The van der Waals surface area contributed by atoms with E-state index in [0.29, 0.717) is 0 Å². The SMILES string of the molecule is C=C(C#N)COC(=O)C(F)(F)F. The topological polar surface area (TPSA) is 50.1 Å². The molecule has 12 heavy (non-hydrogen) atoms. The summed E-state index contributed by atoms with van der Waals surface area (Å²) in [6, 6.07) is 1.43. The van der Waals surface area contributed by atoms with Gasteiger partial charge in [0.25, 0.3) is 0 Å². The van der Waals surface area contributed by atoms with Gasteiger partial charge in [-0.1, -0.05) is 6.58 Å². The van der Waals surface area contributed by atoms with Crippen LogP contribution in [0, 0.1) is 11.3 Å². The third kappa shape index (κ3) is 3.61. The van der Waals surface area contributed by atoms with E-state index in [0.717, 1.165) is 0 Å². The van der Waals surface area contributed by atoms with Crippen LogP contribution in [0.4, 0.5) is 13.2 Å². The lowest BCUT2D eigenvalue weighted by molar-refractivity contribution is -0.198. The van der Waals surface area contributed by atoms with Gasteiger partial charge in [-0.3, -0.25) is 0 Å². The molecule has 0 saturated carbocycles. The summed E-state index contributed by atoms with van der Waals surface area (Å²) in [5, 5.41) is 8.03. The Hall–Kier alpha value is -1.51. The number of esters is 1. The summed E-state index contributed by atoms with van der Waals surface area (Å²) in [5.74, 6) is -2.32. The summed E-state index contributed by atoms with van der Waals surface area (Å²) in [6.07, 6.45) is -5.02. The van der Waals surface area contributed by atoms with Crippen molar-refractivity contribution in [2.75, 3.05) is 6.61 Å². The summed E-state index contributed by atoms with van der Waals surface area (Å²) in [5.41, 5.74) is -0.243. The number of carbonyl (C=O) groups excluding carboxylic acids is 1. The van der Waals surface area contributed by atoms with Gasteiger partial charge < -0.3 is 4.74 Å². The average Bonchev–Trinajstić information content (AvgIpc) is 1.97. The van der Waals surface area contributed by atoms with Crippen LogP contribution in [0.5, 0.6) is 0 Å².